The van der Waals surface area contributed by atoms with Crippen molar-refractivity contribution in [1.82, 2.24) is 0 Å². The summed E-state index contributed by atoms with van der Waals surface area (Å²) in [4.78, 5) is 0. The van der Waals surface area contributed by atoms with E-state index in [1.165, 1.54) is 0 Å². The highest BCUT2D eigenvalue weighted by Crippen LogP contribution is 2.64. The zero-order valence-electron chi connectivity index (χ0n) is 26.1. The van der Waals surface area contributed by atoms with Crippen LogP contribution in [0.1, 0.15) is 27.8 Å². The van der Waals surface area contributed by atoms with Crippen molar-refractivity contribution >= 4 is 0 Å². The molecule has 0 heterocycles. The quantitative estimate of drug-likeness (QED) is 0.163. The SMILES string of the molecule is COc1ccc([C]2[C](c3ccc(OC)cc3)[C](c3ccc(OC)cc3)[C](c3ccc(OC)cc3)[C]2c2ccc(OC)cc2)cc1. The zero-order chi connectivity index (χ0) is 31.3. The van der Waals surface area contributed by atoms with Gasteiger partial charge in [0.25, 0.3) is 0 Å². The Balaban J connectivity index is 1.64. The number of hydrogen-bond donors (Lipinski definition) is 0. The smallest absolute Gasteiger partial charge is 0.118 e. The van der Waals surface area contributed by atoms with Crippen LogP contribution in [-0.2, 0) is 0 Å². The molecule has 0 atom stereocenters. The standard InChI is InChI=1S/C40H35O5/c1-41-31-16-6-26(7-17-31)36-37(27-8-18-32(42-2)19-9-27)39(29-12-22-34(44-4)23-13-29)40(30-14-24-35(45-5)25-15-30)38(36)28-10-20-33(43-3)21-11-28/h6-25H,1-5H3. The predicted molar refractivity (Wildman–Crippen MR) is 177 cm³/mol. The fraction of sp³-hybridized carbons (Fsp3) is 0.125. The second-order valence-electron chi connectivity index (χ2n) is 10.5. The van der Waals surface area contributed by atoms with Crippen molar-refractivity contribution in [3.05, 3.63) is 179 Å². The Hall–Kier alpha value is -4.90. The molecule has 0 aliphatic heterocycles. The molecule has 0 unspecified atom stereocenters. The molecule has 6 rings (SSSR count). The maximum Gasteiger partial charge on any atom is 0.118 e. The molecule has 1 aliphatic carbocycles. The topological polar surface area (TPSA) is 46.2 Å². The third-order valence-electron chi connectivity index (χ3n) is 8.14. The van der Waals surface area contributed by atoms with E-state index < -0.39 is 0 Å². The van der Waals surface area contributed by atoms with Crippen molar-refractivity contribution in [2.75, 3.05) is 35.5 Å². The van der Waals surface area contributed by atoms with Gasteiger partial charge in [0.1, 0.15) is 28.7 Å². The van der Waals surface area contributed by atoms with Gasteiger partial charge in [0.05, 0.1) is 35.5 Å². The van der Waals surface area contributed by atoms with Crippen LogP contribution in [0.2, 0.25) is 0 Å². The Morgan fingerprint density at radius 3 is 0.467 bits per heavy atom. The third-order valence-corrected chi connectivity index (χ3v) is 8.14. The summed E-state index contributed by atoms with van der Waals surface area (Å²) in [5.74, 6) is 9.57. The molecule has 5 heteroatoms. The van der Waals surface area contributed by atoms with Crippen molar-refractivity contribution in [3.63, 3.8) is 0 Å². The third kappa shape index (κ3) is 5.95. The molecule has 5 radical (unpaired) electrons. The van der Waals surface area contributed by atoms with Gasteiger partial charge in [0.15, 0.2) is 0 Å². The molecule has 1 fully saturated rings. The average Bonchev–Trinajstić information content (AvgIpc) is 3.47. The Kier molecular flexibility index (Phi) is 8.97. The van der Waals surface area contributed by atoms with Gasteiger partial charge in [0.2, 0.25) is 0 Å². The molecule has 0 N–H and O–H groups in total. The summed E-state index contributed by atoms with van der Waals surface area (Å²) >= 11 is 0. The fourth-order valence-electron chi connectivity index (χ4n) is 5.86. The van der Waals surface area contributed by atoms with Crippen molar-refractivity contribution in [2.45, 2.75) is 0 Å². The van der Waals surface area contributed by atoms with E-state index in [9.17, 15) is 0 Å². The van der Waals surface area contributed by atoms with Gasteiger partial charge >= 0.3 is 0 Å². The second-order valence-corrected chi connectivity index (χ2v) is 10.5. The van der Waals surface area contributed by atoms with E-state index in [1.54, 1.807) is 35.5 Å². The lowest BCUT2D eigenvalue weighted by atomic mass is 9.75. The summed E-state index contributed by atoms with van der Waals surface area (Å²) in [6, 6.07) is 41.4. The van der Waals surface area contributed by atoms with Gasteiger partial charge in [-0.25, -0.2) is 0 Å². The first-order chi connectivity index (χ1) is 22.1. The molecule has 5 aromatic carbocycles. The fourth-order valence-corrected chi connectivity index (χ4v) is 5.86. The molecule has 5 aromatic rings. The van der Waals surface area contributed by atoms with Gasteiger partial charge in [-0.1, -0.05) is 60.7 Å². The van der Waals surface area contributed by atoms with E-state index >= 15 is 0 Å². The van der Waals surface area contributed by atoms with Crippen LogP contribution in [0.4, 0.5) is 0 Å². The summed E-state index contributed by atoms with van der Waals surface area (Å²) in [5.41, 5.74) is 5.36. The van der Waals surface area contributed by atoms with Gasteiger partial charge in [-0.3, -0.25) is 0 Å². The number of ether oxygens (including phenoxy) is 5. The minimum absolute atomic E-state index is 0.799. The van der Waals surface area contributed by atoms with E-state index in [0.29, 0.717) is 0 Å². The van der Waals surface area contributed by atoms with Crippen molar-refractivity contribution < 1.29 is 23.7 Å². The van der Waals surface area contributed by atoms with E-state index in [4.69, 9.17) is 23.7 Å². The first-order valence-electron chi connectivity index (χ1n) is 14.7. The zero-order valence-corrected chi connectivity index (χ0v) is 26.1. The van der Waals surface area contributed by atoms with Gasteiger partial charge in [-0.05, 0) is 88.5 Å². The first kappa shape index (κ1) is 30.1. The number of hydrogen-bond acceptors (Lipinski definition) is 5. The molecular formula is C40H35O5. The minimum atomic E-state index is 0.799. The van der Waals surface area contributed by atoms with E-state index in [2.05, 4.69) is 60.7 Å². The molecule has 0 spiro atoms. The van der Waals surface area contributed by atoms with Gasteiger partial charge in [-0.2, -0.15) is 0 Å². The number of benzene rings is 5. The van der Waals surface area contributed by atoms with E-state index in [-0.39, 0.29) is 0 Å². The molecule has 0 bridgehead atoms. The molecule has 0 saturated heterocycles. The van der Waals surface area contributed by atoms with Crippen molar-refractivity contribution in [2.24, 2.45) is 0 Å². The molecule has 0 amide bonds. The van der Waals surface area contributed by atoms with Gasteiger partial charge in [-0.15, -0.1) is 0 Å². The lowest BCUT2D eigenvalue weighted by Gasteiger charge is -2.27. The highest BCUT2D eigenvalue weighted by Gasteiger charge is 2.55. The van der Waals surface area contributed by atoms with E-state index in [0.717, 1.165) is 86.2 Å². The predicted octanol–water partition coefficient (Wildman–Crippen LogP) is 8.16. The first-order valence-corrected chi connectivity index (χ1v) is 14.7. The van der Waals surface area contributed by atoms with Gasteiger partial charge in [0, 0.05) is 29.6 Å². The molecule has 5 nitrogen and oxygen atoms in total. The van der Waals surface area contributed by atoms with Crippen LogP contribution in [-0.4, -0.2) is 35.5 Å². The summed E-state index contributed by atoms with van der Waals surface area (Å²) < 4.78 is 27.7. The molecule has 0 aromatic heterocycles. The number of methoxy groups -OCH3 is 5. The Bertz CT molecular complexity index is 1350. The molecule has 225 valence electrons. The highest BCUT2D eigenvalue weighted by molar-refractivity contribution is 5.85. The summed E-state index contributed by atoms with van der Waals surface area (Å²) in [6.45, 7) is 0. The van der Waals surface area contributed by atoms with Crippen LogP contribution in [0.5, 0.6) is 28.7 Å². The van der Waals surface area contributed by atoms with E-state index in [1.807, 2.05) is 60.7 Å². The van der Waals surface area contributed by atoms with Crippen molar-refractivity contribution in [1.29, 1.82) is 0 Å². The maximum atomic E-state index is 5.55. The molecule has 45 heavy (non-hydrogen) atoms. The lowest BCUT2D eigenvalue weighted by molar-refractivity contribution is 0.414. The molecular weight excluding hydrogens is 560 g/mol. The van der Waals surface area contributed by atoms with Gasteiger partial charge < -0.3 is 23.7 Å². The molecule has 1 aliphatic rings. The summed E-state index contributed by atoms with van der Waals surface area (Å²) in [7, 11) is 8.44. The largest absolute Gasteiger partial charge is 0.497 e. The lowest BCUT2D eigenvalue weighted by Crippen LogP contribution is -2.16. The summed E-state index contributed by atoms with van der Waals surface area (Å²) in [5, 5.41) is 0. The normalized spacial score (nSPS) is 14.8. The molecule has 1 saturated carbocycles. The van der Waals surface area contributed by atoms with Crippen LogP contribution in [0.3, 0.4) is 0 Å². The van der Waals surface area contributed by atoms with Crippen LogP contribution in [0.15, 0.2) is 121 Å². The van der Waals surface area contributed by atoms with Crippen LogP contribution in [0.25, 0.3) is 0 Å². The van der Waals surface area contributed by atoms with Crippen LogP contribution < -0.4 is 23.7 Å². The van der Waals surface area contributed by atoms with Crippen LogP contribution in [0, 0.1) is 29.6 Å². The van der Waals surface area contributed by atoms with Crippen LogP contribution >= 0.6 is 0 Å². The highest BCUT2D eigenvalue weighted by atomic mass is 16.5. The Morgan fingerprint density at radius 2 is 0.356 bits per heavy atom. The average molecular weight is 596 g/mol. The summed E-state index contributed by atoms with van der Waals surface area (Å²) in [6.07, 6.45) is 0. The van der Waals surface area contributed by atoms with Crippen molar-refractivity contribution in [3.8, 4) is 28.7 Å². The maximum absolute atomic E-state index is 5.55. The Morgan fingerprint density at radius 1 is 0.222 bits per heavy atom. The second kappa shape index (κ2) is 13.4. The minimum Gasteiger partial charge on any atom is -0.497 e. The Labute approximate surface area is 266 Å². The monoisotopic (exact) mass is 595 g/mol. The number of rotatable bonds is 10.